The Morgan fingerprint density at radius 2 is 2.07 bits per heavy atom. The fourth-order valence-electron chi connectivity index (χ4n) is 2.13. The van der Waals surface area contributed by atoms with Crippen molar-refractivity contribution in [2.75, 3.05) is 0 Å². The van der Waals surface area contributed by atoms with Crippen molar-refractivity contribution in [3.05, 3.63) is 35.9 Å². The molecule has 2 unspecified atom stereocenters. The van der Waals surface area contributed by atoms with E-state index >= 15 is 0 Å². The summed E-state index contributed by atoms with van der Waals surface area (Å²) in [5.74, 6) is 0.751. The second-order valence-corrected chi connectivity index (χ2v) is 4.41. The molecular formula is C13H19NO. The van der Waals surface area contributed by atoms with E-state index in [1.165, 1.54) is 24.8 Å². The molecule has 15 heavy (non-hydrogen) atoms. The van der Waals surface area contributed by atoms with Crippen LogP contribution in [0.2, 0.25) is 0 Å². The largest absolute Gasteiger partial charge is 0.297 e. The molecule has 0 aromatic heterocycles. The van der Waals surface area contributed by atoms with E-state index in [0.717, 1.165) is 5.92 Å². The van der Waals surface area contributed by atoms with E-state index in [2.05, 4.69) is 24.5 Å². The predicted octanol–water partition coefficient (Wildman–Crippen LogP) is 2.90. The zero-order valence-electron chi connectivity index (χ0n) is 9.28. The van der Waals surface area contributed by atoms with Gasteiger partial charge in [-0.1, -0.05) is 43.7 Å². The quantitative estimate of drug-likeness (QED) is 0.763. The summed E-state index contributed by atoms with van der Waals surface area (Å²) >= 11 is 0. The standard InChI is InChI=1S/C13H19NO/c1-11-6-5-9-13(11)14-15-10-12-7-3-2-4-8-12/h2-4,7-8,11,13-14H,5-6,9-10H2,1H3. The highest BCUT2D eigenvalue weighted by atomic mass is 16.6. The van der Waals surface area contributed by atoms with Gasteiger partial charge in [-0.05, 0) is 24.3 Å². The minimum atomic E-state index is 0.550. The van der Waals surface area contributed by atoms with Gasteiger partial charge in [0.15, 0.2) is 0 Å². The molecule has 2 rings (SSSR count). The Morgan fingerprint density at radius 3 is 2.73 bits per heavy atom. The van der Waals surface area contributed by atoms with E-state index in [-0.39, 0.29) is 0 Å². The highest BCUT2D eigenvalue weighted by Crippen LogP contribution is 2.24. The van der Waals surface area contributed by atoms with Crippen LogP contribution in [0.4, 0.5) is 0 Å². The summed E-state index contributed by atoms with van der Waals surface area (Å²) in [6.07, 6.45) is 3.90. The number of hydrogen-bond acceptors (Lipinski definition) is 2. The molecule has 0 heterocycles. The van der Waals surface area contributed by atoms with E-state index < -0.39 is 0 Å². The average Bonchev–Trinajstić information content (AvgIpc) is 2.66. The number of rotatable bonds is 4. The van der Waals surface area contributed by atoms with Gasteiger partial charge in [0.2, 0.25) is 0 Å². The van der Waals surface area contributed by atoms with Crippen LogP contribution in [0, 0.1) is 5.92 Å². The van der Waals surface area contributed by atoms with Gasteiger partial charge in [0.05, 0.1) is 6.61 Å². The molecule has 1 saturated carbocycles. The van der Waals surface area contributed by atoms with Crippen LogP contribution in [-0.4, -0.2) is 6.04 Å². The Hall–Kier alpha value is -0.860. The zero-order chi connectivity index (χ0) is 10.5. The zero-order valence-corrected chi connectivity index (χ0v) is 9.28. The maximum Gasteiger partial charge on any atom is 0.0933 e. The van der Waals surface area contributed by atoms with Crippen LogP contribution in [0.15, 0.2) is 30.3 Å². The summed E-state index contributed by atoms with van der Waals surface area (Å²) in [7, 11) is 0. The molecule has 2 nitrogen and oxygen atoms in total. The van der Waals surface area contributed by atoms with Crippen molar-refractivity contribution in [1.82, 2.24) is 5.48 Å². The van der Waals surface area contributed by atoms with E-state index in [9.17, 15) is 0 Å². The van der Waals surface area contributed by atoms with Crippen LogP contribution in [0.5, 0.6) is 0 Å². The monoisotopic (exact) mass is 205 g/mol. The summed E-state index contributed by atoms with van der Waals surface area (Å²) in [4.78, 5) is 5.52. The minimum Gasteiger partial charge on any atom is -0.297 e. The number of nitrogens with one attached hydrogen (secondary N) is 1. The Bertz CT molecular complexity index is 286. The van der Waals surface area contributed by atoms with E-state index in [1.807, 2.05) is 18.2 Å². The van der Waals surface area contributed by atoms with Crippen molar-refractivity contribution in [3.8, 4) is 0 Å². The summed E-state index contributed by atoms with van der Waals surface area (Å²) in [6, 6.07) is 10.8. The summed E-state index contributed by atoms with van der Waals surface area (Å²) in [6.45, 7) is 2.95. The Balaban J connectivity index is 1.71. The molecular weight excluding hydrogens is 186 g/mol. The Morgan fingerprint density at radius 1 is 1.27 bits per heavy atom. The van der Waals surface area contributed by atoms with Crippen LogP contribution < -0.4 is 5.48 Å². The predicted molar refractivity (Wildman–Crippen MR) is 61.2 cm³/mol. The van der Waals surface area contributed by atoms with Crippen molar-refractivity contribution < 1.29 is 4.84 Å². The van der Waals surface area contributed by atoms with Gasteiger partial charge >= 0.3 is 0 Å². The van der Waals surface area contributed by atoms with Crippen molar-refractivity contribution in [2.24, 2.45) is 5.92 Å². The Labute approximate surface area is 91.6 Å². The molecule has 0 radical (unpaired) electrons. The Kier molecular flexibility index (Phi) is 3.75. The van der Waals surface area contributed by atoms with Crippen LogP contribution in [0.3, 0.4) is 0 Å². The molecule has 0 bridgehead atoms. The number of benzene rings is 1. The van der Waals surface area contributed by atoms with Crippen molar-refractivity contribution in [3.63, 3.8) is 0 Å². The lowest BCUT2D eigenvalue weighted by Crippen LogP contribution is -2.30. The molecule has 0 aliphatic heterocycles. The second-order valence-electron chi connectivity index (χ2n) is 4.41. The number of hydroxylamine groups is 1. The second kappa shape index (κ2) is 5.29. The molecule has 0 saturated heterocycles. The van der Waals surface area contributed by atoms with Gasteiger partial charge < -0.3 is 0 Å². The molecule has 0 spiro atoms. The first-order chi connectivity index (χ1) is 7.36. The van der Waals surface area contributed by atoms with Gasteiger partial charge in [-0.3, -0.25) is 4.84 Å². The lowest BCUT2D eigenvalue weighted by atomic mass is 10.1. The molecule has 2 heteroatoms. The first kappa shape index (κ1) is 10.7. The van der Waals surface area contributed by atoms with Crippen LogP contribution >= 0.6 is 0 Å². The van der Waals surface area contributed by atoms with Gasteiger partial charge in [0, 0.05) is 6.04 Å². The van der Waals surface area contributed by atoms with Crippen molar-refractivity contribution in [2.45, 2.75) is 38.8 Å². The molecule has 82 valence electrons. The summed E-state index contributed by atoms with van der Waals surface area (Å²) in [5.41, 5.74) is 4.40. The van der Waals surface area contributed by atoms with E-state index in [1.54, 1.807) is 0 Å². The van der Waals surface area contributed by atoms with E-state index in [4.69, 9.17) is 4.84 Å². The molecule has 1 aliphatic rings. The van der Waals surface area contributed by atoms with Gasteiger partial charge in [0.1, 0.15) is 0 Å². The fraction of sp³-hybridized carbons (Fsp3) is 0.538. The summed E-state index contributed by atoms with van der Waals surface area (Å²) in [5, 5.41) is 0. The first-order valence-corrected chi connectivity index (χ1v) is 5.77. The van der Waals surface area contributed by atoms with Crippen LogP contribution in [0.1, 0.15) is 31.7 Å². The molecule has 1 fully saturated rings. The maximum atomic E-state index is 5.52. The minimum absolute atomic E-state index is 0.550. The SMILES string of the molecule is CC1CCCC1NOCc1ccccc1. The van der Waals surface area contributed by atoms with Crippen molar-refractivity contribution >= 4 is 0 Å². The molecule has 1 aromatic rings. The third-order valence-corrected chi connectivity index (χ3v) is 3.18. The van der Waals surface area contributed by atoms with Crippen molar-refractivity contribution in [1.29, 1.82) is 0 Å². The van der Waals surface area contributed by atoms with Gasteiger partial charge in [0.25, 0.3) is 0 Å². The summed E-state index contributed by atoms with van der Waals surface area (Å²) < 4.78 is 0. The molecule has 1 N–H and O–H groups in total. The topological polar surface area (TPSA) is 21.3 Å². The lowest BCUT2D eigenvalue weighted by Gasteiger charge is -2.16. The average molecular weight is 205 g/mol. The first-order valence-electron chi connectivity index (χ1n) is 5.77. The third-order valence-electron chi connectivity index (χ3n) is 3.18. The van der Waals surface area contributed by atoms with Gasteiger partial charge in [-0.15, -0.1) is 0 Å². The smallest absolute Gasteiger partial charge is 0.0933 e. The van der Waals surface area contributed by atoms with E-state index in [0.29, 0.717) is 12.6 Å². The highest BCUT2D eigenvalue weighted by molar-refractivity contribution is 5.13. The normalized spacial score (nSPS) is 25.7. The third kappa shape index (κ3) is 3.05. The fourth-order valence-corrected chi connectivity index (χ4v) is 2.13. The van der Waals surface area contributed by atoms with Crippen LogP contribution in [-0.2, 0) is 11.4 Å². The maximum absolute atomic E-state index is 5.52. The highest BCUT2D eigenvalue weighted by Gasteiger charge is 2.22. The van der Waals surface area contributed by atoms with Gasteiger partial charge in [-0.2, -0.15) is 5.48 Å². The molecule has 2 atom stereocenters. The lowest BCUT2D eigenvalue weighted by molar-refractivity contribution is -0.00337. The molecule has 1 aliphatic carbocycles. The molecule has 0 amide bonds. The van der Waals surface area contributed by atoms with Crippen LogP contribution in [0.25, 0.3) is 0 Å². The number of hydrogen-bond donors (Lipinski definition) is 1. The molecule has 1 aromatic carbocycles. The van der Waals surface area contributed by atoms with Gasteiger partial charge in [-0.25, -0.2) is 0 Å².